The zero-order valence-electron chi connectivity index (χ0n) is 19.4. The first-order valence-corrected chi connectivity index (χ1v) is 11.1. The highest BCUT2D eigenvalue weighted by Gasteiger charge is 2.13. The van der Waals surface area contributed by atoms with Crippen LogP contribution in [0.15, 0.2) is 79.1 Å². The molecular formula is C28H27N3O3. The van der Waals surface area contributed by atoms with Gasteiger partial charge in [-0.2, -0.15) is 0 Å². The van der Waals surface area contributed by atoms with E-state index in [0.717, 1.165) is 28.1 Å². The van der Waals surface area contributed by atoms with E-state index in [2.05, 4.69) is 23.3 Å². The van der Waals surface area contributed by atoms with Crippen LogP contribution in [-0.2, 0) is 6.42 Å². The number of benzene rings is 3. The van der Waals surface area contributed by atoms with Gasteiger partial charge in [0, 0.05) is 23.0 Å². The summed E-state index contributed by atoms with van der Waals surface area (Å²) in [5.74, 6) is 0.507. The average molecular weight is 454 g/mol. The molecule has 0 aliphatic carbocycles. The molecule has 6 heteroatoms. The van der Waals surface area contributed by atoms with Gasteiger partial charge in [0.2, 0.25) is 0 Å². The summed E-state index contributed by atoms with van der Waals surface area (Å²) in [7, 11) is 1.51. The van der Waals surface area contributed by atoms with Gasteiger partial charge >= 0.3 is 0 Å². The maximum absolute atomic E-state index is 12.6. The number of rotatable bonds is 7. The standard InChI is InChI=1S/C28H27N3O3/c1-18-6-4-8-22(12-18)28(33)31-23-9-5-7-20(14-23)19(2)13-24-16-29-17-25(30-24)21-10-11-26(32)27(15-21)34-3/h4-12,14-17,19,32H,13H2,1-3H3,(H,31,33)/t19-/m1/s1. The average Bonchev–Trinajstić information content (AvgIpc) is 2.84. The summed E-state index contributed by atoms with van der Waals surface area (Å²) in [5, 5.41) is 12.8. The fourth-order valence-corrected chi connectivity index (χ4v) is 3.82. The van der Waals surface area contributed by atoms with Crippen molar-refractivity contribution in [3.05, 3.63) is 102 Å². The van der Waals surface area contributed by atoms with Crippen molar-refractivity contribution in [2.45, 2.75) is 26.2 Å². The fourth-order valence-electron chi connectivity index (χ4n) is 3.82. The number of amides is 1. The Morgan fingerprint density at radius 3 is 2.68 bits per heavy atom. The minimum absolute atomic E-state index is 0.0818. The van der Waals surface area contributed by atoms with Crippen molar-refractivity contribution in [1.29, 1.82) is 0 Å². The molecule has 172 valence electrons. The van der Waals surface area contributed by atoms with Gasteiger partial charge in [-0.15, -0.1) is 0 Å². The molecule has 34 heavy (non-hydrogen) atoms. The Bertz CT molecular complexity index is 1320. The van der Waals surface area contributed by atoms with Crippen LogP contribution < -0.4 is 10.1 Å². The second-order valence-corrected chi connectivity index (χ2v) is 8.34. The lowest BCUT2D eigenvalue weighted by atomic mass is 9.95. The molecule has 0 radical (unpaired) electrons. The van der Waals surface area contributed by atoms with Gasteiger partial charge in [0.05, 0.1) is 24.7 Å². The number of aryl methyl sites for hydroxylation is 1. The minimum atomic E-state index is -0.128. The molecular weight excluding hydrogens is 426 g/mol. The lowest BCUT2D eigenvalue weighted by Gasteiger charge is -2.14. The number of carbonyl (C=O) groups is 1. The quantitative estimate of drug-likeness (QED) is 0.371. The smallest absolute Gasteiger partial charge is 0.255 e. The normalized spacial score (nSPS) is 11.6. The van der Waals surface area contributed by atoms with Crippen molar-refractivity contribution >= 4 is 11.6 Å². The Hall–Kier alpha value is -4.19. The molecule has 1 heterocycles. The van der Waals surface area contributed by atoms with Crippen molar-refractivity contribution in [2.24, 2.45) is 0 Å². The van der Waals surface area contributed by atoms with E-state index in [1.54, 1.807) is 30.6 Å². The van der Waals surface area contributed by atoms with Crippen LogP contribution in [0, 0.1) is 6.92 Å². The molecule has 0 saturated carbocycles. The molecule has 0 aliphatic rings. The molecule has 1 aromatic heterocycles. The highest BCUT2D eigenvalue weighted by molar-refractivity contribution is 6.04. The van der Waals surface area contributed by atoms with Gasteiger partial charge in [-0.1, -0.05) is 36.8 Å². The number of aromatic hydroxyl groups is 1. The van der Waals surface area contributed by atoms with E-state index in [0.29, 0.717) is 23.4 Å². The first-order chi connectivity index (χ1) is 16.4. The predicted molar refractivity (Wildman–Crippen MR) is 133 cm³/mol. The molecule has 0 unspecified atom stereocenters. The minimum Gasteiger partial charge on any atom is -0.504 e. The van der Waals surface area contributed by atoms with Gasteiger partial charge < -0.3 is 15.2 Å². The Morgan fingerprint density at radius 1 is 1.06 bits per heavy atom. The van der Waals surface area contributed by atoms with E-state index in [-0.39, 0.29) is 17.6 Å². The number of methoxy groups -OCH3 is 1. The zero-order chi connectivity index (χ0) is 24.1. The number of carbonyl (C=O) groups excluding carboxylic acids is 1. The Balaban J connectivity index is 1.48. The van der Waals surface area contributed by atoms with Crippen LogP contribution in [0.4, 0.5) is 5.69 Å². The molecule has 6 nitrogen and oxygen atoms in total. The molecule has 0 saturated heterocycles. The van der Waals surface area contributed by atoms with Crippen molar-refractivity contribution < 1.29 is 14.6 Å². The second-order valence-electron chi connectivity index (χ2n) is 8.34. The molecule has 3 aromatic carbocycles. The van der Waals surface area contributed by atoms with E-state index < -0.39 is 0 Å². The molecule has 0 fully saturated rings. The van der Waals surface area contributed by atoms with Crippen molar-refractivity contribution in [3.63, 3.8) is 0 Å². The summed E-state index contributed by atoms with van der Waals surface area (Å²) in [6.45, 7) is 4.09. The fraction of sp³-hybridized carbons (Fsp3) is 0.179. The van der Waals surface area contributed by atoms with Gasteiger partial charge in [0.15, 0.2) is 11.5 Å². The summed E-state index contributed by atoms with van der Waals surface area (Å²) >= 11 is 0. The highest BCUT2D eigenvalue weighted by atomic mass is 16.5. The molecule has 1 atom stereocenters. The number of phenolic OH excluding ortho intramolecular Hbond substituents is 1. The molecule has 4 aromatic rings. The third kappa shape index (κ3) is 5.41. The second kappa shape index (κ2) is 10.2. The predicted octanol–water partition coefficient (Wildman–Crippen LogP) is 5.76. The molecule has 1 amide bonds. The van der Waals surface area contributed by atoms with Gasteiger partial charge in [0.1, 0.15) is 0 Å². The largest absolute Gasteiger partial charge is 0.504 e. The van der Waals surface area contributed by atoms with Crippen molar-refractivity contribution in [1.82, 2.24) is 9.97 Å². The van der Waals surface area contributed by atoms with Gasteiger partial charge in [0.25, 0.3) is 5.91 Å². The summed E-state index contributed by atoms with van der Waals surface area (Å²) in [6.07, 6.45) is 4.15. The monoisotopic (exact) mass is 453 g/mol. The number of nitrogens with one attached hydrogen (secondary N) is 1. The molecule has 0 aliphatic heterocycles. The Labute approximate surface area is 199 Å². The van der Waals surface area contributed by atoms with E-state index in [9.17, 15) is 9.90 Å². The molecule has 4 rings (SSSR count). The Morgan fingerprint density at radius 2 is 1.88 bits per heavy atom. The van der Waals surface area contributed by atoms with Gasteiger partial charge in [-0.3, -0.25) is 9.78 Å². The van der Waals surface area contributed by atoms with Crippen LogP contribution >= 0.6 is 0 Å². The number of hydrogen-bond acceptors (Lipinski definition) is 5. The maximum Gasteiger partial charge on any atom is 0.255 e. The van der Waals surface area contributed by atoms with Crippen LogP contribution in [0.3, 0.4) is 0 Å². The van der Waals surface area contributed by atoms with Crippen LogP contribution in [-0.4, -0.2) is 28.1 Å². The topological polar surface area (TPSA) is 84.3 Å². The van der Waals surface area contributed by atoms with Gasteiger partial charge in [-0.25, -0.2) is 4.98 Å². The Kier molecular flexibility index (Phi) is 6.87. The third-order valence-corrected chi connectivity index (χ3v) is 5.67. The van der Waals surface area contributed by atoms with Crippen molar-refractivity contribution in [2.75, 3.05) is 12.4 Å². The summed E-state index contributed by atoms with van der Waals surface area (Å²) in [5.41, 5.74) is 5.92. The van der Waals surface area contributed by atoms with E-state index in [4.69, 9.17) is 9.72 Å². The summed E-state index contributed by atoms with van der Waals surface area (Å²) in [4.78, 5) is 21.7. The summed E-state index contributed by atoms with van der Waals surface area (Å²) in [6, 6.07) is 20.5. The van der Waals surface area contributed by atoms with Crippen LogP contribution in [0.1, 0.15) is 40.0 Å². The lowest BCUT2D eigenvalue weighted by molar-refractivity contribution is 0.102. The lowest BCUT2D eigenvalue weighted by Crippen LogP contribution is -2.12. The molecule has 0 spiro atoms. The SMILES string of the molecule is COc1cc(-c2cncc(C[C@@H](C)c3cccc(NC(=O)c4cccc(C)c4)c3)n2)ccc1O. The van der Waals surface area contributed by atoms with Crippen molar-refractivity contribution in [3.8, 4) is 22.8 Å². The van der Waals surface area contributed by atoms with Crippen LogP contribution in [0.25, 0.3) is 11.3 Å². The zero-order valence-corrected chi connectivity index (χ0v) is 19.4. The maximum atomic E-state index is 12.6. The summed E-state index contributed by atoms with van der Waals surface area (Å²) < 4.78 is 5.20. The number of hydrogen-bond donors (Lipinski definition) is 2. The number of anilines is 1. The first kappa shape index (κ1) is 23.0. The van der Waals surface area contributed by atoms with E-state index in [1.165, 1.54) is 7.11 Å². The van der Waals surface area contributed by atoms with E-state index in [1.807, 2.05) is 49.4 Å². The number of ether oxygens (including phenoxy) is 1. The van der Waals surface area contributed by atoms with Gasteiger partial charge in [-0.05, 0) is 67.3 Å². The van der Waals surface area contributed by atoms with E-state index >= 15 is 0 Å². The third-order valence-electron chi connectivity index (χ3n) is 5.67. The molecule has 0 bridgehead atoms. The molecule has 2 N–H and O–H groups in total. The van der Waals surface area contributed by atoms with Crippen LogP contribution in [0.5, 0.6) is 11.5 Å². The first-order valence-electron chi connectivity index (χ1n) is 11.1. The van der Waals surface area contributed by atoms with Crippen LogP contribution in [0.2, 0.25) is 0 Å². The number of nitrogens with zero attached hydrogens (tertiary/aromatic N) is 2. The number of aromatic nitrogens is 2. The number of phenols is 1. The highest BCUT2D eigenvalue weighted by Crippen LogP contribution is 2.31.